The fourth-order valence-electron chi connectivity index (χ4n) is 3.50. The maximum Gasteiger partial charge on any atom is 0.335 e. The van der Waals surface area contributed by atoms with Gasteiger partial charge in [-0.25, -0.2) is 9.59 Å². The highest BCUT2D eigenvalue weighted by atomic mass is 35.5. The highest BCUT2D eigenvalue weighted by Gasteiger charge is 2.33. The minimum atomic E-state index is -1.01. The molecule has 0 radical (unpaired) electrons. The summed E-state index contributed by atoms with van der Waals surface area (Å²) in [5, 5.41) is 12.3. The number of carboxylic acids is 1. The number of halogens is 1. The van der Waals surface area contributed by atoms with E-state index in [0.717, 1.165) is 10.5 Å². The summed E-state index contributed by atoms with van der Waals surface area (Å²) in [5.74, 6) is -0.588. The third kappa shape index (κ3) is 5.62. The van der Waals surface area contributed by atoms with E-state index in [1.807, 2.05) is 0 Å². The number of carbonyl (C=O) groups is 3. The molecule has 9 heteroatoms. The standard InChI is InChI=1S/C26H21ClN2O6/c1-34-23-13-17(7-10-22(23)35-15-18-3-2-4-19(11-18)25(31)32)12-21-24(30)29(26(33)28-21)14-16-5-8-20(27)9-6-16/h2-13H,14-15H2,1H3,(H,28,33)(H,31,32)/b21-12+. The molecular weight excluding hydrogens is 472 g/mol. The van der Waals surface area contributed by atoms with Gasteiger partial charge in [0.15, 0.2) is 11.5 Å². The molecule has 1 aliphatic rings. The SMILES string of the molecule is COc1cc(/C=C2/NC(=O)N(Cc3ccc(Cl)cc3)C2=O)ccc1OCc1cccc(C(=O)O)c1. The average molecular weight is 493 g/mol. The minimum Gasteiger partial charge on any atom is -0.493 e. The summed E-state index contributed by atoms with van der Waals surface area (Å²) >= 11 is 5.89. The number of hydrogen-bond donors (Lipinski definition) is 2. The number of nitrogens with one attached hydrogen (secondary N) is 1. The molecular formula is C26H21ClN2O6. The molecule has 178 valence electrons. The lowest BCUT2D eigenvalue weighted by Crippen LogP contribution is -2.30. The van der Waals surface area contributed by atoms with Crippen LogP contribution in [0.3, 0.4) is 0 Å². The van der Waals surface area contributed by atoms with Crippen LogP contribution in [0.5, 0.6) is 11.5 Å². The molecule has 4 rings (SSSR count). The first kappa shape index (κ1) is 23.8. The lowest BCUT2D eigenvalue weighted by atomic mass is 10.1. The Hall–Kier alpha value is -4.30. The molecule has 0 atom stereocenters. The summed E-state index contributed by atoms with van der Waals surface area (Å²) in [6, 6.07) is 17.9. The van der Waals surface area contributed by atoms with Gasteiger partial charge in [0, 0.05) is 5.02 Å². The number of imide groups is 1. The third-order valence-corrected chi connectivity index (χ3v) is 5.54. The van der Waals surface area contributed by atoms with Gasteiger partial charge in [0.2, 0.25) is 0 Å². The van der Waals surface area contributed by atoms with E-state index in [-0.39, 0.29) is 24.4 Å². The molecule has 1 fully saturated rings. The molecule has 0 spiro atoms. The number of amides is 3. The van der Waals surface area contributed by atoms with E-state index >= 15 is 0 Å². The number of methoxy groups -OCH3 is 1. The molecule has 0 aromatic heterocycles. The van der Waals surface area contributed by atoms with E-state index in [1.54, 1.807) is 60.7 Å². The first-order chi connectivity index (χ1) is 16.8. The van der Waals surface area contributed by atoms with Crippen LogP contribution in [0.15, 0.2) is 72.4 Å². The summed E-state index contributed by atoms with van der Waals surface area (Å²) in [7, 11) is 1.49. The van der Waals surface area contributed by atoms with Gasteiger partial charge in [-0.05, 0) is 59.2 Å². The Morgan fingerprint density at radius 1 is 1.03 bits per heavy atom. The van der Waals surface area contributed by atoms with Crippen molar-refractivity contribution in [2.45, 2.75) is 13.2 Å². The van der Waals surface area contributed by atoms with Crippen LogP contribution in [0.4, 0.5) is 4.79 Å². The molecule has 0 unspecified atom stereocenters. The van der Waals surface area contributed by atoms with Crippen molar-refractivity contribution in [3.05, 3.63) is 99.7 Å². The fraction of sp³-hybridized carbons (Fsp3) is 0.115. The van der Waals surface area contributed by atoms with E-state index in [1.165, 1.54) is 19.2 Å². The van der Waals surface area contributed by atoms with Crippen molar-refractivity contribution < 1.29 is 29.0 Å². The first-order valence-electron chi connectivity index (χ1n) is 10.6. The maximum absolute atomic E-state index is 12.8. The van der Waals surface area contributed by atoms with Crippen LogP contribution >= 0.6 is 11.6 Å². The summed E-state index contributed by atoms with van der Waals surface area (Å²) in [6.45, 7) is 0.268. The second-order valence-electron chi connectivity index (χ2n) is 7.71. The zero-order valence-corrected chi connectivity index (χ0v) is 19.4. The lowest BCUT2D eigenvalue weighted by molar-refractivity contribution is -0.123. The Labute approximate surface area is 206 Å². The van der Waals surface area contributed by atoms with E-state index in [4.69, 9.17) is 26.2 Å². The van der Waals surface area contributed by atoms with Gasteiger partial charge in [-0.1, -0.05) is 41.9 Å². The van der Waals surface area contributed by atoms with Crippen molar-refractivity contribution in [3.63, 3.8) is 0 Å². The molecule has 8 nitrogen and oxygen atoms in total. The van der Waals surface area contributed by atoms with Crippen molar-refractivity contribution in [2.24, 2.45) is 0 Å². The van der Waals surface area contributed by atoms with Crippen molar-refractivity contribution in [2.75, 3.05) is 7.11 Å². The summed E-state index contributed by atoms with van der Waals surface area (Å²) in [4.78, 5) is 37.4. The number of rotatable bonds is 8. The first-order valence-corrected chi connectivity index (χ1v) is 10.9. The van der Waals surface area contributed by atoms with Crippen molar-refractivity contribution in [1.29, 1.82) is 0 Å². The number of aromatic carboxylic acids is 1. The second kappa shape index (κ2) is 10.3. The molecule has 1 saturated heterocycles. The Bertz CT molecular complexity index is 1320. The Morgan fingerprint density at radius 3 is 2.51 bits per heavy atom. The molecule has 0 aliphatic carbocycles. The van der Waals surface area contributed by atoms with Crippen molar-refractivity contribution in [1.82, 2.24) is 10.2 Å². The van der Waals surface area contributed by atoms with Crippen LogP contribution in [-0.2, 0) is 17.9 Å². The summed E-state index contributed by atoms with van der Waals surface area (Å²) < 4.78 is 11.2. The van der Waals surface area contributed by atoms with Gasteiger partial charge in [-0.2, -0.15) is 0 Å². The zero-order valence-electron chi connectivity index (χ0n) is 18.7. The molecule has 3 aromatic carbocycles. The number of hydrogen-bond acceptors (Lipinski definition) is 5. The van der Waals surface area contributed by atoms with Crippen LogP contribution in [-0.4, -0.2) is 35.0 Å². The van der Waals surface area contributed by atoms with Gasteiger partial charge in [0.25, 0.3) is 5.91 Å². The normalized spacial score (nSPS) is 14.2. The number of urea groups is 1. The van der Waals surface area contributed by atoms with Gasteiger partial charge in [0.1, 0.15) is 12.3 Å². The number of benzene rings is 3. The quantitative estimate of drug-likeness (QED) is 0.348. The van der Waals surface area contributed by atoms with Crippen molar-refractivity contribution in [3.8, 4) is 11.5 Å². The minimum absolute atomic E-state index is 0.123. The largest absolute Gasteiger partial charge is 0.493 e. The van der Waals surface area contributed by atoms with E-state index < -0.39 is 17.9 Å². The van der Waals surface area contributed by atoms with Gasteiger partial charge >= 0.3 is 12.0 Å². The van der Waals surface area contributed by atoms with Gasteiger partial charge in [-0.3, -0.25) is 9.69 Å². The predicted molar refractivity (Wildman–Crippen MR) is 129 cm³/mol. The molecule has 0 bridgehead atoms. The summed E-state index contributed by atoms with van der Waals surface area (Å²) in [5.41, 5.74) is 2.41. The molecule has 35 heavy (non-hydrogen) atoms. The van der Waals surface area contributed by atoms with Crippen LogP contribution < -0.4 is 14.8 Å². The summed E-state index contributed by atoms with van der Waals surface area (Å²) in [6.07, 6.45) is 1.56. The Morgan fingerprint density at radius 2 is 1.80 bits per heavy atom. The van der Waals surface area contributed by atoms with Crippen LogP contribution in [0.25, 0.3) is 6.08 Å². The monoisotopic (exact) mass is 492 g/mol. The molecule has 1 heterocycles. The number of carboxylic acid groups (broad SMARTS) is 1. The lowest BCUT2D eigenvalue weighted by Gasteiger charge is -2.12. The van der Waals surface area contributed by atoms with Crippen molar-refractivity contribution >= 4 is 35.6 Å². The molecule has 0 saturated carbocycles. The van der Waals surface area contributed by atoms with E-state index in [0.29, 0.717) is 27.6 Å². The van der Waals surface area contributed by atoms with Crippen LogP contribution in [0.2, 0.25) is 5.02 Å². The van der Waals surface area contributed by atoms with Gasteiger partial charge in [0.05, 0.1) is 19.2 Å². The number of ether oxygens (including phenoxy) is 2. The molecule has 2 N–H and O–H groups in total. The Kier molecular flexibility index (Phi) is 7.03. The fourth-order valence-corrected chi connectivity index (χ4v) is 3.63. The van der Waals surface area contributed by atoms with E-state index in [9.17, 15) is 14.4 Å². The second-order valence-corrected chi connectivity index (χ2v) is 8.15. The molecule has 3 amide bonds. The predicted octanol–water partition coefficient (Wildman–Crippen LogP) is 4.72. The smallest absolute Gasteiger partial charge is 0.335 e. The molecule has 1 aliphatic heterocycles. The van der Waals surface area contributed by atoms with Crippen LogP contribution in [0, 0.1) is 0 Å². The Balaban J connectivity index is 1.47. The zero-order chi connectivity index (χ0) is 24.9. The molecule has 3 aromatic rings. The third-order valence-electron chi connectivity index (χ3n) is 5.28. The highest BCUT2D eigenvalue weighted by Crippen LogP contribution is 2.30. The highest BCUT2D eigenvalue weighted by molar-refractivity contribution is 6.30. The number of nitrogens with zero attached hydrogens (tertiary/aromatic N) is 1. The van der Waals surface area contributed by atoms with Gasteiger partial charge in [-0.15, -0.1) is 0 Å². The topological polar surface area (TPSA) is 105 Å². The van der Waals surface area contributed by atoms with E-state index in [2.05, 4.69) is 5.32 Å². The maximum atomic E-state index is 12.8. The van der Waals surface area contributed by atoms with Crippen LogP contribution in [0.1, 0.15) is 27.0 Å². The number of carbonyl (C=O) groups excluding carboxylic acids is 2. The van der Waals surface area contributed by atoms with Gasteiger partial charge < -0.3 is 19.9 Å². The average Bonchev–Trinajstić information content (AvgIpc) is 3.11.